The summed E-state index contributed by atoms with van der Waals surface area (Å²) < 4.78 is 81.4. The SMILES string of the molecule is CC(C)[C@H](NC(=O)OC(C)(C)C)C(=O)N[C@@H](CCCNC(N)=O)C(=O)Nc1ccc(COC(=O)Oc2c(F)c(F)c(F)c(F)c2F)cc1. The van der Waals surface area contributed by atoms with Gasteiger partial charge in [0.2, 0.25) is 46.6 Å². The maximum Gasteiger partial charge on any atom is 0.514 e. The molecule has 0 heterocycles. The lowest BCUT2D eigenvalue weighted by molar-refractivity contribution is -0.128. The van der Waals surface area contributed by atoms with Crippen LogP contribution in [0.1, 0.15) is 53.0 Å². The molecule has 2 atom stereocenters. The lowest BCUT2D eigenvalue weighted by atomic mass is 10.0. The highest BCUT2D eigenvalue weighted by atomic mass is 19.2. The van der Waals surface area contributed by atoms with Crippen LogP contribution in [0.2, 0.25) is 0 Å². The number of urea groups is 1. The highest BCUT2D eigenvalue weighted by Gasteiger charge is 2.31. The summed E-state index contributed by atoms with van der Waals surface area (Å²) in [5.74, 6) is -15.3. The first-order valence-electron chi connectivity index (χ1n) is 14.4. The highest BCUT2D eigenvalue weighted by Crippen LogP contribution is 2.29. The van der Waals surface area contributed by atoms with Gasteiger partial charge in [-0.15, -0.1) is 0 Å². The van der Waals surface area contributed by atoms with Crippen LogP contribution in [0.3, 0.4) is 0 Å². The van der Waals surface area contributed by atoms with Gasteiger partial charge in [0.1, 0.15) is 24.3 Å². The minimum Gasteiger partial charge on any atom is -0.444 e. The first-order chi connectivity index (χ1) is 22.3. The van der Waals surface area contributed by atoms with Crippen molar-refractivity contribution in [2.45, 2.75) is 71.8 Å². The Morgan fingerprint density at radius 2 is 1.40 bits per heavy atom. The monoisotopic (exact) mass is 689 g/mol. The fourth-order valence-corrected chi connectivity index (χ4v) is 3.86. The summed E-state index contributed by atoms with van der Waals surface area (Å²) in [6.45, 7) is 7.85. The molecule has 48 heavy (non-hydrogen) atoms. The van der Waals surface area contributed by atoms with E-state index in [0.29, 0.717) is 0 Å². The molecule has 0 bridgehead atoms. The van der Waals surface area contributed by atoms with Gasteiger partial charge in [-0.25, -0.2) is 27.6 Å². The van der Waals surface area contributed by atoms with Crippen molar-refractivity contribution in [3.8, 4) is 5.75 Å². The van der Waals surface area contributed by atoms with Gasteiger partial charge >= 0.3 is 18.3 Å². The third-order valence-corrected chi connectivity index (χ3v) is 6.16. The zero-order valence-electron chi connectivity index (χ0n) is 26.6. The van der Waals surface area contributed by atoms with Crippen molar-refractivity contribution in [1.82, 2.24) is 16.0 Å². The van der Waals surface area contributed by atoms with E-state index in [2.05, 4.69) is 30.7 Å². The summed E-state index contributed by atoms with van der Waals surface area (Å²) in [7, 11) is 0. The minimum atomic E-state index is -2.43. The van der Waals surface area contributed by atoms with E-state index in [-0.39, 0.29) is 30.6 Å². The van der Waals surface area contributed by atoms with Gasteiger partial charge in [0, 0.05) is 12.2 Å². The molecule has 5 amide bonds. The summed E-state index contributed by atoms with van der Waals surface area (Å²) in [5.41, 5.74) is 4.72. The molecule has 0 radical (unpaired) electrons. The Hall–Kier alpha value is -5.16. The smallest absolute Gasteiger partial charge is 0.444 e. The number of benzene rings is 2. The molecular weight excluding hydrogens is 653 g/mol. The molecule has 0 fully saturated rings. The number of hydrogen-bond donors (Lipinski definition) is 5. The molecule has 0 unspecified atom stereocenters. The van der Waals surface area contributed by atoms with Gasteiger partial charge in [0.15, 0.2) is 0 Å². The molecule has 2 aromatic rings. The standard InChI is InChI=1S/C30H36F5N5O8/c1-14(2)23(40-28(44)48-30(3,4)5)26(42)39-17(7-6-12-37-27(36)43)25(41)38-16-10-8-15(9-11-16)13-46-29(45)47-24-21(34)19(32)18(31)20(33)22(24)35/h8-11,14,17,23H,6-7,12-13H2,1-5H3,(H,38,41)(H,39,42)(H,40,44)(H3,36,37,43)/t17-,23-/m0/s1. The number of anilines is 1. The number of ether oxygens (including phenoxy) is 3. The number of amides is 5. The van der Waals surface area contributed by atoms with Crippen LogP contribution in [-0.4, -0.2) is 54.3 Å². The predicted octanol–water partition coefficient (Wildman–Crippen LogP) is 4.52. The maximum atomic E-state index is 13.7. The van der Waals surface area contributed by atoms with Crippen molar-refractivity contribution in [2.24, 2.45) is 11.7 Å². The van der Waals surface area contributed by atoms with Crippen LogP contribution in [0.15, 0.2) is 24.3 Å². The molecule has 6 N–H and O–H groups in total. The Bertz CT molecular complexity index is 1470. The third-order valence-electron chi connectivity index (χ3n) is 6.16. The number of carbonyl (C=O) groups is 5. The Balaban J connectivity index is 2.08. The second-order valence-corrected chi connectivity index (χ2v) is 11.6. The molecule has 2 aromatic carbocycles. The molecule has 18 heteroatoms. The maximum absolute atomic E-state index is 13.7. The fraction of sp³-hybridized carbons (Fsp3) is 0.433. The number of hydrogen-bond acceptors (Lipinski definition) is 8. The first-order valence-corrected chi connectivity index (χ1v) is 14.4. The molecule has 0 aliphatic heterocycles. The number of carbonyl (C=O) groups excluding carboxylic acids is 5. The van der Waals surface area contributed by atoms with Crippen LogP contribution in [-0.2, 0) is 25.7 Å². The van der Waals surface area contributed by atoms with E-state index in [1.54, 1.807) is 34.6 Å². The zero-order valence-corrected chi connectivity index (χ0v) is 26.6. The van der Waals surface area contributed by atoms with Crippen molar-refractivity contribution >= 4 is 35.8 Å². The van der Waals surface area contributed by atoms with E-state index in [1.165, 1.54) is 24.3 Å². The Morgan fingerprint density at radius 3 is 1.92 bits per heavy atom. The summed E-state index contributed by atoms with van der Waals surface area (Å²) >= 11 is 0. The lowest BCUT2D eigenvalue weighted by Crippen LogP contribution is -2.55. The summed E-state index contributed by atoms with van der Waals surface area (Å²) in [4.78, 5) is 61.6. The van der Waals surface area contributed by atoms with Gasteiger partial charge in [-0.05, 0) is 57.2 Å². The average Bonchev–Trinajstić information content (AvgIpc) is 2.99. The van der Waals surface area contributed by atoms with Crippen LogP contribution in [0, 0.1) is 35.0 Å². The second-order valence-electron chi connectivity index (χ2n) is 11.6. The van der Waals surface area contributed by atoms with E-state index in [4.69, 9.17) is 10.5 Å². The molecule has 0 spiro atoms. The summed E-state index contributed by atoms with van der Waals surface area (Å²) in [5, 5.41) is 10.1. The third kappa shape index (κ3) is 11.9. The predicted molar refractivity (Wildman–Crippen MR) is 159 cm³/mol. The van der Waals surface area contributed by atoms with Gasteiger partial charge in [-0.2, -0.15) is 8.78 Å². The van der Waals surface area contributed by atoms with Crippen LogP contribution in [0.25, 0.3) is 0 Å². The molecule has 0 aliphatic rings. The largest absolute Gasteiger partial charge is 0.514 e. The average molecular weight is 690 g/mol. The summed E-state index contributed by atoms with van der Waals surface area (Å²) in [6.07, 6.45) is -2.32. The van der Waals surface area contributed by atoms with Crippen molar-refractivity contribution in [1.29, 1.82) is 0 Å². The van der Waals surface area contributed by atoms with Gasteiger partial charge in [-0.1, -0.05) is 26.0 Å². The molecule has 0 aromatic heterocycles. The van der Waals surface area contributed by atoms with E-state index >= 15 is 0 Å². The van der Waals surface area contributed by atoms with Crippen LogP contribution in [0.4, 0.5) is 42.0 Å². The van der Waals surface area contributed by atoms with Crippen LogP contribution < -0.4 is 31.7 Å². The Labute approximate surface area is 272 Å². The molecule has 2 rings (SSSR count). The Kier molecular flexibility index (Phi) is 13.9. The molecular formula is C30H36F5N5O8. The van der Waals surface area contributed by atoms with E-state index in [9.17, 15) is 45.9 Å². The van der Waals surface area contributed by atoms with Crippen molar-refractivity contribution in [2.75, 3.05) is 11.9 Å². The van der Waals surface area contributed by atoms with Crippen molar-refractivity contribution < 1.29 is 60.1 Å². The van der Waals surface area contributed by atoms with Gasteiger partial charge in [-0.3, -0.25) is 9.59 Å². The molecule has 0 aliphatic carbocycles. The van der Waals surface area contributed by atoms with E-state index in [1.807, 2.05) is 0 Å². The minimum absolute atomic E-state index is 0.0478. The lowest BCUT2D eigenvalue weighted by Gasteiger charge is -2.27. The van der Waals surface area contributed by atoms with Crippen molar-refractivity contribution in [3.05, 3.63) is 58.9 Å². The van der Waals surface area contributed by atoms with Gasteiger partial charge < -0.3 is 41.2 Å². The highest BCUT2D eigenvalue weighted by molar-refractivity contribution is 5.98. The quantitative estimate of drug-likeness (QED) is 0.0507. The number of halogens is 5. The van der Waals surface area contributed by atoms with Crippen LogP contribution in [0.5, 0.6) is 5.75 Å². The molecule has 13 nitrogen and oxygen atoms in total. The molecule has 0 saturated heterocycles. The topological polar surface area (TPSA) is 187 Å². The molecule has 0 saturated carbocycles. The number of alkyl carbamates (subject to hydrolysis) is 1. The number of nitrogens with one attached hydrogen (secondary N) is 4. The van der Waals surface area contributed by atoms with E-state index < -0.39 is 95.1 Å². The van der Waals surface area contributed by atoms with Gasteiger partial charge in [0.05, 0.1) is 0 Å². The summed E-state index contributed by atoms with van der Waals surface area (Å²) in [6, 6.07) is 2.49. The number of nitrogens with two attached hydrogens (primary N) is 1. The van der Waals surface area contributed by atoms with Crippen molar-refractivity contribution in [3.63, 3.8) is 0 Å². The normalized spacial score (nSPS) is 12.4. The fourth-order valence-electron chi connectivity index (χ4n) is 3.86. The zero-order chi connectivity index (χ0) is 36.3. The van der Waals surface area contributed by atoms with E-state index in [0.717, 1.165) is 0 Å². The first kappa shape index (κ1) is 39.0. The van der Waals surface area contributed by atoms with Gasteiger partial charge in [0.25, 0.3) is 0 Å². The van der Waals surface area contributed by atoms with Crippen LogP contribution >= 0.6 is 0 Å². The number of primary amides is 1. The Morgan fingerprint density at radius 1 is 0.833 bits per heavy atom. The molecule has 264 valence electrons. The second kappa shape index (κ2) is 17.1. The number of rotatable bonds is 13.